The van der Waals surface area contributed by atoms with E-state index in [1.807, 2.05) is 71.4 Å². The highest BCUT2D eigenvalue weighted by Crippen LogP contribution is 2.25. The van der Waals surface area contributed by atoms with E-state index in [1.54, 1.807) is 11.1 Å². The minimum Gasteiger partial charge on any atom is -0.393 e. The Bertz CT molecular complexity index is 1500. The lowest BCUT2D eigenvalue weighted by Crippen LogP contribution is -2.40. The van der Waals surface area contributed by atoms with Gasteiger partial charge < -0.3 is 25.3 Å². The van der Waals surface area contributed by atoms with Gasteiger partial charge in [0.15, 0.2) is 0 Å². The van der Waals surface area contributed by atoms with Crippen molar-refractivity contribution >= 4 is 34.1 Å². The molecule has 2 fully saturated rings. The van der Waals surface area contributed by atoms with E-state index in [2.05, 4.69) is 15.3 Å². The number of carbonyl (C=O) groups excluding carboxylic acids is 2. The van der Waals surface area contributed by atoms with Crippen molar-refractivity contribution in [3.63, 3.8) is 0 Å². The molecule has 0 unspecified atom stereocenters. The third kappa shape index (κ3) is 5.43. The number of carbonyl (C=O) groups is 2. The lowest BCUT2D eigenvalue weighted by Gasteiger charge is -2.31. The first-order chi connectivity index (χ1) is 19.4. The quantitative estimate of drug-likeness (QED) is 0.356. The van der Waals surface area contributed by atoms with Crippen LogP contribution in [0, 0.1) is 0 Å². The molecule has 0 aliphatic carbocycles. The van der Waals surface area contributed by atoms with Crippen molar-refractivity contribution in [1.82, 2.24) is 14.7 Å². The lowest BCUT2D eigenvalue weighted by molar-refractivity contribution is 0.0546. The summed E-state index contributed by atoms with van der Waals surface area (Å²) in [6.45, 7) is 2.76. The van der Waals surface area contributed by atoms with Crippen LogP contribution >= 0.6 is 0 Å². The molecule has 4 aromatic rings. The summed E-state index contributed by atoms with van der Waals surface area (Å²) in [7, 11) is 0. The van der Waals surface area contributed by atoms with Crippen LogP contribution in [0.1, 0.15) is 46.4 Å². The van der Waals surface area contributed by atoms with E-state index in [0.717, 1.165) is 48.2 Å². The molecule has 2 saturated heterocycles. The maximum atomic E-state index is 12.9. The smallest absolute Gasteiger partial charge is 0.255 e. The number of nitrogens with zero attached hydrogens (tertiary/aromatic N) is 4. The fourth-order valence-electron chi connectivity index (χ4n) is 5.46. The molecule has 9 nitrogen and oxygen atoms in total. The first-order valence-corrected chi connectivity index (χ1v) is 13.8. The van der Waals surface area contributed by atoms with Crippen LogP contribution in [0.5, 0.6) is 0 Å². The topological polar surface area (TPSA) is 111 Å². The van der Waals surface area contributed by atoms with Gasteiger partial charge in [-0.2, -0.15) is 5.10 Å². The van der Waals surface area contributed by atoms with Crippen LogP contribution < -0.4 is 10.2 Å². The molecule has 2 aliphatic rings. The van der Waals surface area contributed by atoms with Crippen molar-refractivity contribution in [2.24, 2.45) is 0 Å². The molecule has 2 aliphatic heterocycles. The number of benzene rings is 3. The highest BCUT2D eigenvalue weighted by atomic mass is 16.3. The Hall–Kier alpha value is -4.21. The predicted octanol–water partition coefficient (Wildman–Crippen LogP) is 3.84. The second-order valence-electron chi connectivity index (χ2n) is 10.6. The summed E-state index contributed by atoms with van der Waals surface area (Å²) in [4.78, 5) is 29.7. The molecule has 0 radical (unpaired) electrons. The first-order valence-electron chi connectivity index (χ1n) is 13.8. The Balaban J connectivity index is 1.12. The molecular formula is C31H33N5O4. The number of rotatable bonds is 5. The SMILES string of the molecule is O=C(Nc1ccc2c(cnn2-c2ccc(C(=O)N3CCC(O)CC3)cc2)c1)c1ccc(N2CCC(O)CC2)cc1. The van der Waals surface area contributed by atoms with Gasteiger partial charge in [-0.1, -0.05) is 0 Å². The predicted molar refractivity (Wildman–Crippen MR) is 154 cm³/mol. The lowest BCUT2D eigenvalue weighted by atomic mass is 10.1. The van der Waals surface area contributed by atoms with Crippen LogP contribution in [0.15, 0.2) is 72.9 Å². The Morgan fingerprint density at radius 2 is 1.35 bits per heavy atom. The highest BCUT2D eigenvalue weighted by molar-refractivity contribution is 6.05. The van der Waals surface area contributed by atoms with E-state index < -0.39 is 0 Å². The fourth-order valence-corrected chi connectivity index (χ4v) is 5.46. The maximum absolute atomic E-state index is 12.9. The molecule has 0 spiro atoms. The zero-order valence-corrected chi connectivity index (χ0v) is 22.2. The number of hydrogen-bond donors (Lipinski definition) is 3. The molecule has 3 aromatic carbocycles. The molecule has 6 rings (SSSR count). The number of aliphatic hydroxyl groups excluding tert-OH is 2. The van der Waals surface area contributed by atoms with Gasteiger partial charge in [-0.15, -0.1) is 0 Å². The monoisotopic (exact) mass is 539 g/mol. The second-order valence-corrected chi connectivity index (χ2v) is 10.6. The number of aliphatic hydroxyl groups is 2. The van der Waals surface area contributed by atoms with Gasteiger partial charge in [-0.05, 0) is 92.4 Å². The van der Waals surface area contributed by atoms with Gasteiger partial charge in [0, 0.05) is 54.1 Å². The van der Waals surface area contributed by atoms with Crippen molar-refractivity contribution < 1.29 is 19.8 Å². The van der Waals surface area contributed by atoms with E-state index in [9.17, 15) is 19.8 Å². The summed E-state index contributed by atoms with van der Waals surface area (Å²) < 4.78 is 1.81. The number of amides is 2. The summed E-state index contributed by atoms with van der Waals surface area (Å²) in [5, 5.41) is 27.8. The van der Waals surface area contributed by atoms with Gasteiger partial charge in [0.2, 0.25) is 0 Å². The van der Waals surface area contributed by atoms with Gasteiger partial charge in [-0.3, -0.25) is 9.59 Å². The minimum atomic E-state index is -0.318. The summed E-state index contributed by atoms with van der Waals surface area (Å²) in [5.74, 6) is -0.207. The van der Waals surface area contributed by atoms with Crippen molar-refractivity contribution in [2.45, 2.75) is 37.9 Å². The number of fused-ring (bicyclic) bond motifs is 1. The molecule has 3 N–H and O–H groups in total. The van der Waals surface area contributed by atoms with Crippen LogP contribution in [-0.2, 0) is 0 Å². The molecule has 0 atom stereocenters. The zero-order valence-electron chi connectivity index (χ0n) is 22.2. The molecule has 0 saturated carbocycles. The number of anilines is 2. The second kappa shape index (κ2) is 11.1. The molecule has 206 valence electrons. The highest BCUT2D eigenvalue weighted by Gasteiger charge is 2.22. The average molecular weight is 540 g/mol. The maximum Gasteiger partial charge on any atom is 0.255 e. The molecule has 0 bridgehead atoms. The minimum absolute atomic E-state index is 0.0230. The summed E-state index contributed by atoms with van der Waals surface area (Å²) in [6, 6.07) is 20.6. The van der Waals surface area contributed by atoms with Crippen LogP contribution in [-0.4, -0.2) is 75.1 Å². The normalized spacial score (nSPS) is 16.9. The Labute approximate surface area is 232 Å². The van der Waals surface area contributed by atoms with Crippen LogP contribution in [0.4, 0.5) is 11.4 Å². The van der Waals surface area contributed by atoms with Crippen LogP contribution in [0.2, 0.25) is 0 Å². The van der Waals surface area contributed by atoms with Crippen molar-refractivity contribution in [2.75, 3.05) is 36.4 Å². The van der Waals surface area contributed by atoms with E-state index >= 15 is 0 Å². The van der Waals surface area contributed by atoms with Gasteiger partial charge in [0.05, 0.1) is 29.6 Å². The number of hydrogen-bond acceptors (Lipinski definition) is 6. The van der Waals surface area contributed by atoms with E-state index in [4.69, 9.17) is 0 Å². The number of likely N-dealkylation sites (tertiary alicyclic amines) is 1. The van der Waals surface area contributed by atoms with Crippen molar-refractivity contribution in [1.29, 1.82) is 0 Å². The third-order valence-electron chi connectivity index (χ3n) is 7.90. The van der Waals surface area contributed by atoms with Crippen molar-refractivity contribution in [3.8, 4) is 5.69 Å². The zero-order chi connectivity index (χ0) is 27.6. The van der Waals surface area contributed by atoms with Gasteiger partial charge in [0.1, 0.15) is 0 Å². The molecule has 3 heterocycles. The summed E-state index contributed by atoms with van der Waals surface area (Å²) >= 11 is 0. The largest absolute Gasteiger partial charge is 0.393 e. The summed E-state index contributed by atoms with van der Waals surface area (Å²) in [5.41, 5.74) is 4.65. The first kappa shape index (κ1) is 26.0. The molecule has 9 heteroatoms. The summed E-state index contributed by atoms with van der Waals surface area (Å²) in [6.07, 6.45) is 3.97. The molecule has 2 amide bonds. The standard InChI is InChI=1S/C31H33N5O4/c37-27-11-15-34(16-12-27)25-6-1-21(2-7-25)30(39)33-24-5-10-29-23(19-24)20-32-36(29)26-8-3-22(4-9-26)31(40)35-17-13-28(38)14-18-35/h1-10,19-20,27-28,37-38H,11-18H2,(H,33,39). The van der Waals surface area contributed by atoms with E-state index in [-0.39, 0.29) is 24.0 Å². The van der Waals surface area contributed by atoms with E-state index in [1.165, 1.54) is 0 Å². The number of nitrogens with one attached hydrogen (secondary N) is 1. The Morgan fingerprint density at radius 1 is 0.750 bits per heavy atom. The Kier molecular flexibility index (Phi) is 7.23. The van der Waals surface area contributed by atoms with Crippen LogP contribution in [0.3, 0.4) is 0 Å². The Morgan fingerprint density at radius 3 is 2.02 bits per heavy atom. The van der Waals surface area contributed by atoms with Crippen LogP contribution in [0.25, 0.3) is 16.6 Å². The number of aromatic nitrogens is 2. The van der Waals surface area contributed by atoms with Gasteiger partial charge in [-0.25, -0.2) is 4.68 Å². The fraction of sp³-hybridized carbons (Fsp3) is 0.323. The molecule has 1 aromatic heterocycles. The number of piperidine rings is 2. The van der Waals surface area contributed by atoms with E-state index in [0.29, 0.717) is 42.7 Å². The van der Waals surface area contributed by atoms with Gasteiger partial charge in [0.25, 0.3) is 11.8 Å². The average Bonchev–Trinajstić information content (AvgIpc) is 3.41. The van der Waals surface area contributed by atoms with Gasteiger partial charge >= 0.3 is 0 Å². The molecular weight excluding hydrogens is 506 g/mol. The third-order valence-corrected chi connectivity index (χ3v) is 7.90. The molecule has 40 heavy (non-hydrogen) atoms. The van der Waals surface area contributed by atoms with Crippen molar-refractivity contribution in [3.05, 3.63) is 84.1 Å².